The number of aromatic nitrogens is 3. The number of ether oxygens (including phenoxy) is 1. The highest BCUT2D eigenvalue weighted by Gasteiger charge is 2.42. The highest BCUT2D eigenvalue weighted by molar-refractivity contribution is 7.89. The average molecular weight is 530 g/mol. The van der Waals surface area contributed by atoms with E-state index < -0.39 is 28.2 Å². The molecule has 4 rings (SSSR count). The van der Waals surface area contributed by atoms with Gasteiger partial charge in [-0.25, -0.2) is 13.2 Å². The monoisotopic (exact) mass is 529 g/mol. The molecule has 13 heteroatoms. The fourth-order valence-corrected chi connectivity index (χ4v) is 6.24. The number of alkyl carbamates (subject to hydrolysis) is 1. The maximum absolute atomic E-state index is 13.2. The minimum absolute atomic E-state index is 0.0492. The molecule has 2 aromatic rings. The molecular weight excluding hydrogens is 499 g/mol. The first-order chi connectivity index (χ1) is 17.0. The van der Waals surface area contributed by atoms with Crippen molar-refractivity contribution in [3.8, 4) is 0 Å². The summed E-state index contributed by atoms with van der Waals surface area (Å²) in [7, 11) is -2.30. The van der Waals surface area contributed by atoms with Gasteiger partial charge in [0.1, 0.15) is 18.3 Å². The molecule has 2 heterocycles. The Kier molecular flexibility index (Phi) is 7.88. The van der Waals surface area contributed by atoms with Crippen LogP contribution in [0.25, 0.3) is 0 Å². The van der Waals surface area contributed by atoms with Gasteiger partial charge in [0.2, 0.25) is 10.0 Å². The summed E-state index contributed by atoms with van der Waals surface area (Å²) >= 11 is 0. The van der Waals surface area contributed by atoms with Crippen LogP contribution in [0.4, 0.5) is 18.0 Å². The first-order valence-corrected chi connectivity index (χ1v) is 13.5. The van der Waals surface area contributed by atoms with Crippen molar-refractivity contribution in [1.29, 1.82) is 0 Å². The lowest BCUT2D eigenvalue weighted by Crippen LogP contribution is -2.36. The molecule has 1 saturated carbocycles. The summed E-state index contributed by atoms with van der Waals surface area (Å²) < 4.78 is 73.3. The Morgan fingerprint density at radius 1 is 1.19 bits per heavy atom. The van der Waals surface area contributed by atoms with Crippen molar-refractivity contribution in [3.63, 3.8) is 0 Å². The molecule has 0 spiro atoms. The second kappa shape index (κ2) is 10.8. The third-order valence-corrected chi connectivity index (χ3v) is 8.82. The van der Waals surface area contributed by atoms with Crippen LogP contribution >= 0.6 is 0 Å². The number of sulfonamides is 1. The molecule has 1 unspecified atom stereocenters. The molecule has 3 atom stereocenters. The third kappa shape index (κ3) is 6.55. The van der Waals surface area contributed by atoms with E-state index in [9.17, 15) is 26.4 Å². The number of amides is 1. The van der Waals surface area contributed by atoms with Crippen LogP contribution in [0.15, 0.2) is 30.3 Å². The SMILES string of the molecule is CN(Cc1nnc2n1CC(C(F)(F)F)CC2)S(=O)(=O)C[C@@H]1CC[C@H](NC(=O)OCc2ccccc2)C1. The number of rotatable bonds is 8. The van der Waals surface area contributed by atoms with E-state index in [1.807, 2.05) is 30.3 Å². The molecule has 36 heavy (non-hydrogen) atoms. The molecule has 1 aliphatic carbocycles. The Morgan fingerprint density at radius 2 is 1.94 bits per heavy atom. The molecule has 1 N–H and O–H groups in total. The predicted molar refractivity (Wildman–Crippen MR) is 124 cm³/mol. The van der Waals surface area contributed by atoms with E-state index in [2.05, 4.69) is 15.5 Å². The van der Waals surface area contributed by atoms with Crippen LogP contribution in [0.5, 0.6) is 0 Å². The molecule has 1 fully saturated rings. The summed E-state index contributed by atoms with van der Waals surface area (Å²) in [5.41, 5.74) is 0.869. The highest BCUT2D eigenvalue weighted by Crippen LogP contribution is 2.34. The lowest BCUT2D eigenvalue weighted by atomic mass is 9.99. The van der Waals surface area contributed by atoms with E-state index in [1.54, 1.807) is 0 Å². The lowest BCUT2D eigenvalue weighted by molar-refractivity contribution is -0.182. The van der Waals surface area contributed by atoms with Crippen molar-refractivity contribution >= 4 is 16.1 Å². The molecule has 0 radical (unpaired) electrons. The number of hydrogen-bond acceptors (Lipinski definition) is 6. The average Bonchev–Trinajstić information content (AvgIpc) is 3.43. The van der Waals surface area contributed by atoms with Crippen molar-refractivity contribution in [3.05, 3.63) is 47.5 Å². The van der Waals surface area contributed by atoms with Gasteiger partial charge in [-0.3, -0.25) is 0 Å². The van der Waals surface area contributed by atoms with Crippen LogP contribution in [-0.4, -0.2) is 58.6 Å². The van der Waals surface area contributed by atoms with Gasteiger partial charge in [0.15, 0.2) is 0 Å². The van der Waals surface area contributed by atoms with Crippen molar-refractivity contribution in [1.82, 2.24) is 24.4 Å². The Hall–Kier alpha value is -2.67. The Bertz CT molecular complexity index is 1160. The molecule has 9 nitrogen and oxygen atoms in total. The minimum Gasteiger partial charge on any atom is -0.445 e. The van der Waals surface area contributed by atoms with Gasteiger partial charge in [-0.15, -0.1) is 10.2 Å². The van der Waals surface area contributed by atoms with Crippen LogP contribution in [0.1, 0.15) is 42.9 Å². The number of carbonyl (C=O) groups excluding carboxylic acids is 1. The fraction of sp³-hybridized carbons (Fsp3) is 0.609. The topological polar surface area (TPSA) is 106 Å². The number of halogens is 3. The van der Waals surface area contributed by atoms with Crippen molar-refractivity contribution in [2.75, 3.05) is 12.8 Å². The van der Waals surface area contributed by atoms with Gasteiger partial charge in [-0.05, 0) is 37.2 Å². The van der Waals surface area contributed by atoms with Gasteiger partial charge in [0, 0.05) is 26.1 Å². The first kappa shape index (κ1) is 26.4. The number of aryl methyl sites for hydroxylation is 1. The van der Waals surface area contributed by atoms with Gasteiger partial charge >= 0.3 is 12.3 Å². The molecule has 1 aliphatic heterocycles. The standard InChI is InChI=1S/C23H30F3N5O4S/c1-30(13-21-29-28-20-10-8-18(12-31(20)21)23(24,25)26)36(33,34)15-17-7-9-19(11-17)27-22(32)35-14-16-5-3-2-4-6-16/h2-6,17-19H,7-15H2,1H3,(H,27,32)/t17-,18?,19+/m1/s1. The van der Waals surface area contributed by atoms with Crippen LogP contribution in [0, 0.1) is 11.8 Å². The zero-order valence-electron chi connectivity index (χ0n) is 19.9. The van der Waals surface area contributed by atoms with Crippen LogP contribution < -0.4 is 5.32 Å². The van der Waals surface area contributed by atoms with Gasteiger partial charge in [0.05, 0.1) is 18.2 Å². The van der Waals surface area contributed by atoms with Crippen LogP contribution in [-0.2, 0) is 40.9 Å². The van der Waals surface area contributed by atoms with E-state index >= 15 is 0 Å². The zero-order chi connectivity index (χ0) is 25.9. The van der Waals surface area contributed by atoms with E-state index in [0.29, 0.717) is 25.1 Å². The smallest absolute Gasteiger partial charge is 0.407 e. The van der Waals surface area contributed by atoms with E-state index in [0.717, 1.165) is 9.87 Å². The molecule has 2 aliphatic rings. The number of carbonyl (C=O) groups is 1. The molecule has 0 bridgehead atoms. The Labute approximate surface area is 208 Å². The van der Waals surface area contributed by atoms with Gasteiger partial charge in [0.25, 0.3) is 0 Å². The fourth-order valence-electron chi connectivity index (χ4n) is 4.78. The highest BCUT2D eigenvalue weighted by atomic mass is 32.2. The third-order valence-electron chi connectivity index (χ3n) is 6.85. The summed E-state index contributed by atoms with van der Waals surface area (Å²) in [6.45, 7) is -0.302. The number of alkyl halides is 3. The maximum Gasteiger partial charge on any atom is 0.407 e. The summed E-state index contributed by atoms with van der Waals surface area (Å²) in [5, 5.41) is 10.7. The Balaban J connectivity index is 1.27. The summed E-state index contributed by atoms with van der Waals surface area (Å²) in [4.78, 5) is 12.1. The van der Waals surface area contributed by atoms with Crippen LogP contribution in [0.2, 0.25) is 0 Å². The van der Waals surface area contributed by atoms with E-state index in [-0.39, 0.29) is 56.1 Å². The van der Waals surface area contributed by atoms with Crippen LogP contribution in [0.3, 0.4) is 0 Å². The minimum atomic E-state index is -4.32. The largest absolute Gasteiger partial charge is 0.445 e. The van der Waals surface area contributed by atoms with Crippen molar-refractivity contribution in [2.24, 2.45) is 11.8 Å². The second-order valence-electron chi connectivity index (χ2n) is 9.54. The Morgan fingerprint density at radius 3 is 2.67 bits per heavy atom. The lowest BCUT2D eigenvalue weighted by Gasteiger charge is -2.27. The summed E-state index contributed by atoms with van der Waals surface area (Å²) in [6, 6.07) is 9.10. The molecule has 1 amide bonds. The number of nitrogens with zero attached hydrogens (tertiary/aromatic N) is 4. The van der Waals surface area contributed by atoms with Gasteiger partial charge in [-0.1, -0.05) is 30.3 Å². The van der Waals surface area contributed by atoms with E-state index in [4.69, 9.17) is 4.74 Å². The number of nitrogens with one attached hydrogen (secondary N) is 1. The number of fused-ring (bicyclic) bond motifs is 1. The van der Waals surface area contributed by atoms with Gasteiger partial charge < -0.3 is 14.6 Å². The number of benzene rings is 1. The summed E-state index contributed by atoms with van der Waals surface area (Å²) in [6.07, 6.45) is -2.99. The predicted octanol–water partition coefficient (Wildman–Crippen LogP) is 3.26. The normalized spacial score (nSPS) is 22.4. The molecule has 0 saturated heterocycles. The molecule has 1 aromatic carbocycles. The summed E-state index contributed by atoms with van der Waals surface area (Å²) in [5.74, 6) is -1.12. The van der Waals surface area contributed by atoms with Gasteiger partial charge in [-0.2, -0.15) is 17.5 Å². The first-order valence-electron chi connectivity index (χ1n) is 11.9. The maximum atomic E-state index is 13.2. The quantitative estimate of drug-likeness (QED) is 0.563. The van der Waals surface area contributed by atoms with E-state index in [1.165, 1.54) is 11.6 Å². The van der Waals surface area contributed by atoms with Crippen molar-refractivity contribution in [2.45, 2.75) is 64.0 Å². The zero-order valence-corrected chi connectivity index (χ0v) is 20.8. The molecule has 198 valence electrons. The second-order valence-corrected chi connectivity index (χ2v) is 11.7. The van der Waals surface area contributed by atoms with Crippen molar-refractivity contribution < 1.29 is 31.1 Å². The molecular formula is C23H30F3N5O4S. The number of hydrogen-bond donors (Lipinski definition) is 1. The molecule has 1 aromatic heterocycles.